The molecule has 0 saturated carbocycles. The fourth-order valence-corrected chi connectivity index (χ4v) is 1.53. The lowest BCUT2D eigenvalue weighted by molar-refractivity contribution is 0.249. The van der Waals surface area contributed by atoms with E-state index >= 15 is 0 Å². The number of rotatable bonds is 8. The second-order valence-corrected chi connectivity index (χ2v) is 4.80. The van der Waals surface area contributed by atoms with Crippen LogP contribution in [0.4, 0.5) is 16.4 Å². The third-order valence-corrected chi connectivity index (χ3v) is 2.55. The van der Waals surface area contributed by atoms with Gasteiger partial charge in [-0.25, -0.2) is 14.8 Å². The van der Waals surface area contributed by atoms with E-state index < -0.39 is 6.03 Å². The maximum atomic E-state index is 10.6. The number of anilines is 2. The Bertz CT molecular complexity index is 435. The van der Waals surface area contributed by atoms with Crippen LogP contribution in [0.5, 0.6) is 0 Å². The highest BCUT2D eigenvalue weighted by molar-refractivity contribution is 5.71. The summed E-state index contributed by atoms with van der Waals surface area (Å²) in [6.45, 7) is 8.09. The number of carbonyl (C=O) groups excluding carboxylic acids is 1. The molecule has 1 aromatic heterocycles. The van der Waals surface area contributed by atoms with E-state index in [0.717, 1.165) is 30.4 Å². The van der Waals surface area contributed by atoms with Gasteiger partial charge in [-0.15, -0.1) is 0 Å². The van der Waals surface area contributed by atoms with Crippen LogP contribution in [0, 0.1) is 0 Å². The fraction of sp³-hybridized carbons (Fsp3) is 0.615. The van der Waals surface area contributed by atoms with E-state index in [1.807, 2.05) is 6.07 Å². The van der Waals surface area contributed by atoms with E-state index in [1.54, 1.807) is 0 Å². The normalized spacial score (nSPS) is 10.4. The van der Waals surface area contributed by atoms with Crippen molar-refractivity contribution in [3.63, 3.8) is 0 Å². The van der Waals surface area contributed by atoms with Crippen molar-refractivity contribution >= 4 is 17.7 Å². The van der Waals surface area contributed by atoms with E-state index in [4.69, 9.17) is 5.73 Å². The molecule has 20 heavy (non-hydrogen) atoms. The van der Waals surface area contributed by atoms with Gasteiger partial charge in [0.15, 0.2) is 0 Å². The summed E-state index contributed by atoms with van der Waals surface area (Å²) in [4.78, 5) is 19.5. The standard InChI is InChI=1S/C13H24N6O/c1-4-5-15-10-8-11(16-6-7-17-13(14)20)19-12(18-10)9(2)3/h8-9H,4-7H2,1-3H3,(H3,14,17,20)(H2,15,16,18,19). The number of nitrogens with zero attached hydrogens (tertiary/aromatic N) is 2. The number of nitrogens with two attached hydrogens (primary N) is 1. The molecule has 0 saturated heterocycles. The molecule has 0 aliphatic rings. The van der Waals surface area contributed by atoms with Crippen LogP contribution < -0.4 is 21.7 Å². The molecule has 0 bridgehead atoms. The highest BCUT2D eigenvalue weighted by atomic mass is 16.2. The molecular weight excluding hydrogens is 256 g/mol. The molecule has 7 heteroatoms. The minimum Gasteiger partial charge on any atom is -0.370 e. The van der Waals surface area contributed by atoms with Gasteiger partial charge in [-0.3, -0.25) is 0 Å². The van der Waals surface area contributed by atoms with Crippen LogP contribution in [0.3, 0.4) is 0 Å². The molecule has 0 aliphatic heterocycles. The van der Waals surface area contributed by atoms with Crippen molar-refractivity contribution in [2.45, 2.75) is 33.1 Å². The second kappa shape index (κ2) is 8.19. The third-order valence-electron chi connectivity index (χ3n) is 2.55. The van der Waals surface area contributed by atoms with Crippen molar-refractivity contribution in [2.75, 3.05) is 30.3 Å². The average Bonchev–Trinajstić information content (AvgIpc) is 2.41. The summed E-state index contributed by atoms with van der Waals surface area (Å²) >= 11 is 0. The summed E-state index contributed by atoms with van der Waals surface area (Å²) < 4.78 is 0. The van der Waals surface area contributed by atoms with Gasteiger partial charge in [0, 0.05) is 31.6 Å². The van der Waals surface area contributed by atoms with Crippen molar-refractivity contribution in [3.05, 3.63) is 11.9 Å². The van der Waals surface area contributed by atoms with Crippen molar-refractivity contribution in [1.82, 2.24) is 15.3 Å². The predicted molar refractivity (Wildman–Crippen MR) is 81.0 cm³/mol. The number of amides is 2. The van der Waals surface area contributed by atoms with Gasteiger partial charge in [0.1, 0.15) is 17.5 Å². The monoisotopic (exact) mass is 280 g/mol. The summed E-state index contributed by atoms with van der Waals surface area (Å²) in [6, 6.07) is 1.34. The number of hydrogen-bond acceptors (Lipinski definition) is 5. The maximum absolute atomic E-state index is 10.6. The van der Waals surface area contributed by atoms with E-state index in [9.17, 15) is 4.79 Å². The largest absolute Gasteiger partial charge is 0.370 e. The van der Waals surface area contributed by atoms with Crippen LogP contribution in [0.25, 0.3) is 0 Å². The minimum atomic E-state index is -0.525. The van der Waals surface area contributed by atoms with Crippen molar-refractivity contribution in [1.29, 1.82) is 0 Å². The Morgan fingerprint density at radius 2 is 1.80 bits per heavy atom. The van der Waals surface area contributed by atoms with Crippen LogP contribution in [-0.4, -0.2) is 35.6 Å². The van der Waals surface area contributed by atoms with Gasteiger partial charge in [0.25, 0.3) is 0 Å². The molecule has 0 fully saturated rings. The van der Waals surface area contributed by atoms with Gasteiger partial charge >= 0.3 is 6.03 Å². The molecule has 0 unspecified atom stereocenters. The van der Waals surface area contributed by atoms with Crippen molar-refractivity contribution < 1.29 is 4.79 Å². The summed E-state index contributed by atoms with van der Waals surface area (Å²) in [7, 11) is 0. The molecular formula is C13H24N6O. The van der Waals surface area contributed by atoms with Gasteiger partial charge < -0.3 is 21.7 Å². The zero-order valence-electron chi connectivity index (χ0n) is 12.4. The number of primary amides is 1. The number of carbonyl (C=O) groups is 1. The Morgan fingerprint density at radius 1 is 1.20 bits per heavy atom. The van der Waals surface area contributed by atoms with Gasteiger partial charge in [-0.1, -0.05) is 20.8 Å². The van der Waals surface area contributed by atoms with Crippen LogP contribution in [-0.2, 0) is 0 Å². The first-order valence-corrected chi connectivity index (χ1v) is 6.93. The molecule has 2 amide bonds. The molecule has 0 atom stereocenters. The maximum Gasteiger partial charge on any atom is 0.312 e. The summed E-state index contributed by atoms with van der Waals surface area (Å²) in [5, 5.41) is 8.93. The lowest BCUT2D eigenvalue weighted by Gasteiger charge is -2.12. The SMILES string of the molecule is CCCNc1cc(NCCNC(N)=O)nc(C(C)C)n1. The molecule has 1 rings (SSSR count). The van der Waals surface area contributed by atoms with Gasteiger partial charge in [-0.2, -0.15) is 0 Å². The highest BCUT2D eigenvalue weighted by Gasteiger charge is 2.07. The Morgan fingerprint density at radius 3 is 2.30 bits per heavy atom. The Balaban J connectivity index is 2.67. The number of hydrogen-bond donors (Lipinski definition) is 4. The van der Waals surface area contributed by atoms with Crippen LogP contribution >= 0.6 is 0 Å². The topological polar surface area (TPSA) is 105 Å². The lowest BCUT2D eigenvalue weighted by Crippen LogP contribution is -2.33. The predicted octanol–water partition coefficient (Wildman–Crippen LogP) is 1.50. The molecule has 1 aromatic rings. The fourth-order valence-electron chi connectivity index (χ4n) is 1.53. The highest BCUT2D eigenvalue weighted by Crippen LogP contribution is 2.16. The summed E-state index contributed by atoms with van der Waals surface area (Å²) in [5.74, 6) is 2.60. The summed E-state index contributed by atoms with van der Waals surface area (Å²) in [6.07, 6.45) is 1.03. The van der Waals surface area contributed by atoms with E-state index in [2.05, 4.69) is 46.7 Å². The Kier molecular flexibility index (Phi) is 6.55. The number of nitrogens with one attached hydrogen (secondary N) is 3. The molecule has 7 nitrogen and oxygen atoms in total. The van der Waals surface area contributed by atoms with Gasteiger partial charge in [0.05, 0.1) is 0 Å². The zero-order valence-corrected chi connectivity index (χ0v) is 12.4. The molecule has 0 aromatic carbocycles. The first-order valence-electron chi connectivity index (χ1n) is 6.93. The quantitative estimate of drug-likeness (QED) is 0.540. The zero-order chi connectivity index (χ0) is 15.0. The third kappa shape index (κ3) is 5.73. The Hall–Kier alpha value is -2.05. The Labute approximate surface area is 119 Å². The molecule has 112 valence electrons. The van der Waals surface area contributed by atoms with E-state index in [1.165, 1.54) is 0 Å². The average molecular weight is 280 g/mol. The molecule has 0 aliphatic carbocycles. The van der Waals surface area contributed by atoms with Crippen LogP contribution in [0.1, 0.15) is 38.9 Å². The molecule has 5 N–H and O–H groups in total. The molecule has 1 heterocycles. The number of aromatic nitrogens is 2. The molecule has 0 spiro atoms. The number of urea groups is 1. The smallest absolute Gasteiger partial charge is 0.312 e. The van der Waals surface area contributed by atoms with E-state index in [-0.39, 0.29) is 5.92 Å². The first-order chi connectivity index (χ1) is 9.52. The van der Waals surface area contributed by atoms with Gasteiger partial charge in [-0.05, 0) is 6.42 Å². The minimum absolute atomic E-state index is 0.252. The lowest BCUT2D eigenvalue weighted by atomic mass is 10.2. The first kappa shape index (κ1) is 16.0. The summed E-state index contributed by atoms with van der Waals surface area (Å²) in [5.41, 5.74) is 5.00. The van der Waals surface area contributed by atoms with E-state index in [0.29, 0.717) is 13.1 Å². The second-order valence-electron chi connectivity index (χ2n) is 4.80. The van der Waals surface area contributed by atoms with Gasteiger partial charge in [0.2, 0.25) is 0 Å². The van der Waals surface area contributed by atoms with Crippen molar-refractivity contribution in [2.24, 2.45) is 5.73 Å². The van der Waals surface area contributed by atoms with Crippen molar-refractivity contribution in [3.8, 4) is 0 Å². The molecule has 0 radical (unpaired) electrons. The van der Waals surface area contributed by atoms with Crippen LogP contribution in [0.15, 0.2) is 6.07 Å². The van der Waals surface area contributed by atoms with Crippen LogP contribution in [0.2, 0.25) is 0 Å².